The summed E-state index contributed by atoms with van der Waals surface area (Å²) in [4.78, 5) is 9.49. The third-order valence-corrected chi connectivity index (χ3v) is 7.54. The molecule has 1 N–H and O–H groups in total. The van der Waals surface area contributed by atoms with Gasteiger partial charge in [-0.15, -0.1) is 24.0 Å². The Balaban J connectivity index is 0.00000205. The molecule has 2 saturated heterocycles. The summed E-state index contributed by atoms with van der Waals surface area (Å²) in [6.07, 6.45) is 5.66. The number of nitrogens with one attached hydrogen (secondary N) is 1. The molecule has 0 amide bonds. The van der Waals surface area contributed by atoms with Gasteiger partial charge in [-0.25, -0.2) is 0 Å². The zero-order valence-corrected chi connectivity index (χ0v) is 19.8. The van der Waals surface area contributed by atoms with Crippen molar-refractivity contribution in [3.05, 3.63) is 24.3 Å². The van der Waals surface area contributed by atoms with Gasteiger partial charge in [-0.1, -0.05) is 18.6 Å². The van der Waals surface area contributed by atoms with Crippen molar-refractivity contribution in [2.45, 2.75) is 37.8 Å². The number of hydrogen-bond acceptors (Lipinski definition) is 4. The number of nitrogens with zero attached hydrogens (tertiary/aromatic N) is 3. The van der Waals surface area contributed by atoms with E-state index in [9.17, 15) is 0 Å². The molecule has 2 aliphatic carbocycles. The van der Waals surface area contributed by atoms with Gasteiger partial charge in [0.25, 0.3) is 0 Å². The highest BCUT2D eigenvalue weighted by molar-refractivity contribution is 14.0. The van der Waals surface area contributed by atoms with Crippen LogP contribution in [0.4, 0.5) is 5.69 Å². The molecule has 6 nitrogen and oxygen atoms in total. The average Bonchev–Trinajstić information content (AvgIpc) is 3.13. The first-order valence-corrected chi connectivity index (χ1v) is 10.7. The molecule has 4 aliphatic rings. The van der Waals surface area contributed by atoms with Crippen LogP contribution < -0.4 is 15.0 Å². The van der Waals surface area contributed by atoms with E-state index >= 15 is 0 Å². The number of benzene rings is 1. The highest BCUT2D eigenvalue weighted by Crippen LogP contribution is 2.62. The number of piperazine rings is 1. The summed E-state index contributed by atoms with van der Waals surface area (Å²) in [5.41, 5.74) is 1.57. The second kappa shape index (κ2) is 8.49. The molecular weight excluding hydrogens is 479 g/mol. The highest BCUT2D eigenvalue weighted by atomic mass is 127. The maximum Gasteiger partial charge on any atom is 0.194 e. The van der Waals surface area contributed by atoms with Crippen LogP contribution in [0, 0.1) is 11.3 Å². The van der Waals surface area contributed by atoms with Gasteiger partial charge in [0, 0.05) is 57.2 Å². The predicted molar refractivity (Wildman–Crippen MR) is 127 cm³/mol. The molecule has 0 bridgehead atoms. The molecule has 3 unspecified atom stereocenters. The molecular formula is C22H33IN4O2. The van der Waals surface area contributed by atoms with Crippen molar-refractivity contribution in [1.29, 1.82) is 0 Å². The van der Waals surface area contributed by atoms with Crippen molar-refractivity contribution < 1.29 is 9.47 Å². The Kier molecular flexibility index (Phi) is 6.16. The van der Waals surface area contributed by atoms with Gasteiger partial charge in [0.2, 0.25) is 0 Å². The molecule has 5 rings (SSSR count). The van der Waals surface area contributed by atoms with Crippen LogP contribution in [0.5, 0.6) is 5.75 Å². The van der Waals surface area contributed by atoms with Gasteiger partial charge < -0.3 is 24.6 Å². The Bertz CT molecular complexity index is 746. The Labute approximate surface area is 191 Å². The molecule has 1 aromatic carbocycles. The molecule has 1 spiro atoms. The van der Waals surface area contributed by atoms with Crippen molar-refractivity contribution >= 4 is 35.6 Å². The fraction of sp³-hybridized carbons (Fsp3) is 0.682. The van der Waals surface area contributed by atoms with Crippen LogP contribution in [0.25, 0.3) is 0 Å². The van der Waals surface area contributed by atoms with Crippen molar-refractivity contribution in [2.24, 2.45) is 16.3 Å². The lowest BCUT2D eigenvalue weighted by molar-refractivity contribution is -0.171. The number of fused-ring (bicyclic) bond motifs is 2. The topological polar surface area (TPSA) is 49.3 Å². The van der Waals surface area contributed by atoms with Crippen LogP contribution in [0.3, 0.4) is 0 Å². The van der Waals surface area contributed by atoms with Crippen LogP contribution in [0.15, 0.2) is 29.3 Å². The number of rotatable bonds is 3. The molecule has 3 atom stereocenters. The minimum absolute atomic E-state index is 0. The van der Waals surface area contributed by atoms with Crippen LogP contribution >= 0.6 is 24.0 Å². The molecule has 160 valence electrons. The minimum atomic E-state index is 0. The molecule has 4 fully saturated rings. The van der Waals surface area contributed by atoms with E-state index in [0.717, 1.165) is 44.5 Å². The molecule has 0 radical (unpaired) electrons. The fourth-order valence-electron chi connectivity index (χ4n) is 5.94. The zero-order valence-electron chi connectivity index (χ0n) is 17.5. The van der Waals surface area contributed by atoms with E-state index in [1.54, 1.807) is 7.11 Å². The highest BCUT2D eigenvalue weighted by Gasteiger charge is 2.66. The van der Waals surface area contributed by atoms with E-state index < -0.39 is 0 Å². The van der Waals surface area contributed by atoms with E-state index in [2.05, 4.69) is 32.2 Å². The van der Waals surface area contributed by atoms with Crippen molar-refractivity contribution in [3.63, 3.8) is 0 Å². The van der Waals surface area contributed by atoms with Gasteiger partial charge in [0.15, 0.2) is 5.96 Å². The molecule has 2 heterocycles. The summed E-state index contributed by atoms with van der Waals surface area (Å²) in [5.74, 6) is 2.69. The summed E-state index contributed by atoms with van der Waals surface area (Å²) in [6, 6.07) is 8.84. The van der Waals surface area contributed by atoms with Gasteiger partial charge in [0.1, 0.15) is 5.75 Å². The zero-order chi connectivity index (χ0) is 19.1. The molecule has 0 aromatic heterocycles. The standard InChI is InChI=1S/C22H32N4O2.HI/c1-23-21(24-19-16-8-15-28-20(16)22(19)9-5-10-22)26-13-11-25(12-14-26)17-6-3-4-7-18(17)27-2;/h3-4,6-7,16,19-20H,5,8-15H2,1-2H3,(H,23,24);1H. The number of halogens is 1. The minimum Gasteiger partial charge on any atom is -0.495 e. The van der Waals surface area contributed by atoms with Crippen LogP contribution in [-0.4, -0.2) is 69.9 Å². The molecule has 2 saturated carbocycles. The summed E-state index contributed by atoms with van der Waals surface area (Å²) in [6.45, 7) is 4.84. The number of anilines is 1. The second-order valence-electron chi connectivity index (χ2n) is 8.65. The number of methoxy groups -OCH3 is 1. The summed E-state index contributed by atoms with van der Waals surface area (Å²) < 4.78 is 11.6. The smallest absolute Gasteiger partial charge is 0.194 e. The lowest BCUT2D eigenvalue weighted by atomic mass is 9.46. The van der Waals surface area contributed by atoms with Gasteiger partial charge in [-0.05, 0) is 31.4 Å². The number of aliphatic imine (C=N–C) groups is 1. The maximum absolute atomic E-state index is 6.07. The molecule has 1 aromatic rings. The Morgan fingerprint density at radius 1 is 1.21 bits per heavy atom. The lowest BCUT2D eigenvalue weighted by Crippen LogP contribution is -2.73. The third-order valence-electron chi connectivity index (χ3n) is 7.54. The van der Waals surface area contributed by atoms with Crippen molar-refractivity contribution in [1.82, 2.24) is 10.2 Å². The second-order valence-corrected chi connectivity index (χ2v) is 8.65. The van der Waals surface area contributed by atoms with Crippen LogP contribution in [0.1, 0.15) is 25.7 Å². The SMILES string of the molecule is CN=C(NC1C2CCOC2C12CCC2)N1CCN(c2ccccc2OC)CC1.I. The summed E-state index contributed by atoms with van der Waals surface area (Å²) >= 11 is 0. The first kappa shape index (κ1) is 21.0. The monoisotopic (exact) mass is 512 g/mol. The Hall–Kier alpha value is -1.22. The van der Waals surface area contributed by atoms with E-state index in [1.165, 1.54) is 31.4 Å². The van der Waals surface area contributed by atoms with E-state index in [-0.39, 0.29) is 24.0 Å². The van der Waals surface area contributed by atoms with E-state index in [0.29, 0.717) is 23.5 Å². The van der Waals surface area contributed by atoms with E-state index in [4.69, 9.17) is 9.47 Å². The lowest BCUT2D eigenvalue weighted by Gasteiger charge is -2.63. The molecule has 2 aliphatic heterocycles. The van der Waals surface area contributed by atoms with Crippen molar-refractivity contribution in [2.75, 3.05) is 51.8 Å². The molecule has 29 heavy (non-hydrogen) atoms. The third kappa shape index (κ3) is 3.38. The van der Waals surface area contributed by atoms with E-state index in [1.807, 2.05) is 19.2 Å². The van der Waals surface area contributed by atoms with Gasteiger partial charge in [0.05, 0.1) is 18.9 Å². The van der Waals surface area contributed by atoms with Crippen molar-refractivity contribution in [3.8, 4) is 5.75 Å². The summed E-state index contributed by atoms with van der Waals surface area (Å²) in [5, 5.41) is 3.87. The van der Waals surface area contributed by atoms with Crippen LogP contribution in [0.2, 0.25) is 0 Å². The Morgan fingerprint density at radius 2 is 1.97 bits per heavy atom. The molecule has 7 heteroatoms. The number of hydrogen-bond donors (Lipinski definition) is 1. The van der Waals surface area contributed by atoms with Gasteiger partial charge in [-0.3, -0.25) is 4.99 Å². The maximum atomic E-state index is 6.07. The Morgan fingerprint density at radius 3 is 2.62 bits per heavy atom. The van der Waals surface area contributed by atoms with Gasteiger partial charge >= 0.3 is 0 Å². The first-order chi connectivity index (χ1) is 13.8. The number of ether oxygens (including phenoxy) is 2. The fourth-order valence-corrected chi connectivity index (χ4v) is 5.94. The number of para-hydroxylation sites is 2. The average molecular weight is 512 g/mol. The number of guanidine groups is 1. The quantitative estimate of drug-likeness (QED) is 0.384. The first-order valence-electron chi connectivity index (χ1n) is 10.7. The van der Waals surface area contributed by atoms with Gasteiger partial charge in [-0.2, -0.15) is 0 Å². The predicted octanol–water partition coefficient (Wildman–Crippen LogP) is 2.97. The largest absolute Gasteiger partial charge is 0.495 e. The normalized spacial score (nSPS) is 30.1. The van der Waals surface area contributed by atoms with Crippen LogP contribution in [-0.2, 0) is 4.74 Å². The summed E-state index contributed by atoms with van der Waals surface area (Å²) in [7, 11) is 3.67.